The minimum Gasteiger partial charge on any atom is -0.479 e. The molecular weight excluding hydrogens is 296 g/mol. The van der Waals surface area contributed by atoms with Crippen molar-refractivity contribution in [1.29, 1.82) is 0 Å². The predicted molar refractivity (Wildman–Crippen MR) is 73.7 cm³/mol. The molecule has 110 valence electrons. The van der Waals surface area contributed by atoms with Crippen LogP contribution in [0.25, 0.3) is 10.7 Å². The Morgan fingerprint density at radius 1 is 1.43 bits per heavy atom. The molecule has 0 aliphatic rings. The molecule has 0 saturated carbocycles. The molecule has 0 saturated heterocycles. The molecule has 8 nitrogen and oxygen atoms in total. The molecular formula is C12H12N4O4S. The molecule has 1 atom stereocenters. The molecule has 3 N–H and O–H groups in total. The number of rotatable bonds is 5. The maximum Gasteiger partial charge on any atom is 0.337 e. The molecule has 0 aromatic carbocycles. The van der Waals surface area contributed by atoms with Crippen molar-refractivity contribution in [2.75, 3.05) is 6.54 Å². The van der Waals surface area contributed by atoms with Crippen molar-refractivity contribution in [1.82, 2.24) is 20.3 Å². The fourth-order valence-electron chi connectivity index (χ4n) is 1.32. The third-order valence-electron chi connectivity index (χ3n) is 2.57. The van der Waals surface area contributed by atoms with Crippen molar-refractivity contribution >= 4 is 23.2 Å². The van der Waals surface area contributed by atoms with E-state index in [-0.39, 0.29) is 5.69 Å². The lowest BCUT2D eigenvalue weighted by Crippen LogP contribution is -2.46. The monoisotopic (exact) mass is 308 g/mol. The number of carbonyl (C=O) groups is 2. The molecule has 1 amide bonds. The van der Waals surface area contributed by atoms with Crippen LogP contribution in [-0.2, 0) is 4.79 Å². The molecule has 0 fully saturated rings. The normalized spacial score (nSPS) is 13.4. The van der Waals surface area contributed by atoms with E-state index in [0.29, 0.717) is 10.7 Å². The number of aliphatic carboxylic acids is 1. The summed E-state index contributed by atoms with van der Waals surface area (Å²) in [5.74, 6) is -1.98. The number of hydrogen-bond donors (Lipinski definition) is 3. The molecule has 0 aliphatic carbocycles. The zero-order valence-electron chi connectivity index (χ0n) is 11.0. The molecule has 1 unspecified atom stereocenters. The summed E-state index contributed by atoms with van der Waals surface area (Å²) in [6.07, 6.45) is 4.56. The van der Waals surface area contributed by atoms with Gasteiger partial charge in [-0.1, -0.05) is 0 Å². The lowest BCUT2D eigenvalue weighted by molar-refractivity contribution is -0.155. The number of carboxylic acid groups (broad SMARTS) is 1. The first kappa shape index (κ1) is 15.0. The molecule has 2 aromatic rings. The molecule has 2 aromatic heterocycles. The molecule has 0 bridgehead atoms. The van der Waals surface area contributed by atoms with Gasteiger partial charge in [0.05, 0.1) is 12.7 Å². The van der Waals surface area contributed by atoms with Gasteiger partial charge in [0.25, 0.3) is 5.91 Å². The highest BCUT2D eigenvalue weighted by atomic mass is 32.1. The molecule has 0 spiro atoms. The van der Waals surface area contributed by atoms with Crippen molar-refractivity contribution in [3.63, 3.8) is 0 Å². The van der Waals surface area contributed by atoms with Gasteiger partial charge in [0.2, 0.25) is 0 Å². The van der Waals surface area contributed by atoms with Crippen molar-refractivity contribution in [3.05, 3.63) is 29.7 Å². The van der Waals surface area contributed by atoms with Gasteiger partial charge in [0.1, 0.15) is 16.4 Å². The Balaban J connectivity index is 2.05. The molecule has 21 heavy (non-hydrogen) atoms. The van der Waals surface area contributed by atoms with Crippen molar-refractivity contribution in [2.24, 2.45) is 0 Å². The van der Waals surface area contributed by atoms with Crippen molar-refractivity contribution in [3.8, 4) is 10.7 Å². The van der Waals surface area contributed by atoms with E-state index < -0.39 is 24.0 Å². The second-order valence-electron chi connectivity index (χ2n) is 4.39. The van der Waals surface area contributed by atoms with Gasteiger partial charge in [-0.3, -0.25) is 14.8 Å². The van der Waals surface area contributed by atoms with E-state index in [1.807, 2.05) is 0 Å². The Morgan fingerprint density at radius 2 is 2.19 bits per heavy atom. The third kappa shape index (κ3) is 3.58. The SMILES string of the molecule is CC(O)(CNC(=O)c1csc(-c2cnccn2)n1)C(=O)O. The van der Waals surface area contributed by atoms with E-state index >= 15 is 0 Å². The maximum absolute atomic E-state index is 11.9. The summed E-state index contributed by atoms with van der Waals surface area (Å²) in [6.45, 7) is 0.681. The minimum absolute atomic E-state index is 0.127. The second kappa shape index (κ2) is 5.94. The quantitative estimate of drug-likeness (QED) is 0.718. The highest BCUT2D eigenvalue weighted by Gasteiger charge is 2.30. The fourth-order valence-corrected chi connectivity index (χ4v) is 2.08. The lowest BCUT2D eigenvalue weighted by Gasteiger charge is -2.17. The van der Waals surface area contributed by atoms with Crippen molar-refractivity contribution < 1.29 is 19.8 Å². The van der Waals surface area contributed by atoms with Crippen LogP contribution < -0.4 is 5.32 Å². The Kier molecular flexibility index (Phi) is 4.24. The van der Waals surface area contributed by atoms with Gasteiger partial charge in [-0.2, -0.15) is 0 Å². The lowest BCUT2D eigenvalue weighted by atomic mass is 10.1. The van der Waals surface area contributed by atoms with Crippen LogP contribution in [0.4, 0.5) is 0 Å². The van der Waals surface area contributed by atoms with Crippen LogP contribution in [0.2, 0.25) is 0 Å². The van der Waals surface area contributed by atoms with Crippen LogP contribution in [-0.4, -0.2) is 49.2 Å². The van der Waals surface area contributed by atoms with E-state index in [0.717, 1.165) is 6.92 Å². The molecule has 9 heteroatoms. The summed E-state index contributed by atoms with van der Waals surface area (Å²) in [6, 6.07) is 0. The van der Waals surface area contributed by atoms with E-state index in [9.17, 15) is 14.7 Å². The largest absolute Gasteiger partial charge is 0.479 e. The Labute approximate surface area is 123 Å². The van der Waals surface area contributed by atoms with Gasteiger partial charge >= 0.3 is 5.97 Å². The van der Waals surface area contributed by atoms with Crippen LogP contribution in [0.15, 0.2) is 24.0 Å². The standard InChI is InChI=1S/C12H12N4O4S/c1-12(20,11(18)19)6-15-9(17)8-5-21-10(16-8)7-4-13-2-3-14-7/h2-5,20H,6H2,1H3,(H,15,17)(H,18,19). The van der Waals surface area contributed by atoms with Gasteiger partial charge in [-0.05, 0) is 6.92 Å². The second-order valence-corrected chi connectivity index (χ2v) is 5.25. The third-order valence-corrected chi connectivity index (χ3v) is 3.44. The van der Waals surface area contributed by atoms with E-state index in [1.54, 1.807) is 0 Å². The van der Waals surface area contributed by atoms with E-state index in [4.69, 9.17) is 5.11 Å². The molecule has 2 heterocycles. The first-order chi connectivity index (χ1) is 9.90. The van der Waals surface area contributed by atoms with Crippen LogP contribution >= 0.6 is 11.3 Å². The summed E-state index contributed by atoms with van der Waals surface area (Å²) in [5, 5.41) is 22.6. The van der Waals surface area contributed by atoms with Gasteiger partial charge in [-0.15, -0.1) is 11.3 Å². The van der Waals surface area contributed by atoms with Crippen LogP contribution in [0.1, 0.15) is 17.4 Å². The van der Waals surface area contributed by atoms with Crippen LogP contribution in [0, 0.1) is 0 Å². The van der Waals surface area contributed by atoms with Gasteiger partial charge in [0.15, 0.2) is 5.60 Å². The summed E-state index contributed by atoms with van der Waals surface area (Å²) in [7, 11) is 0. The Hall–Kier alpha value is -2.39. The van der Waals surface area contributed by atoms with Crippen molar-refractivity contribution in [2.45, 2.75) is 12.5 Å². The van der Waals surface area contributed by atoms with Crippen LogP contribution in [0.5, 0.6) is 0 Å². The Bertz CT molecular complexity index is 656. The van der Waals surface area contributed by atoms with Gasteiger partial charge < -0.3 is 15.5 Å². The maximum atomic E-state index is 11.9. The molecule has 0 radical (unpaired) electrons. The average molecular weight is 308 g/mol. The summed E-state index contributed by atoms with van der Waals surface area (Å²) in [5.41, 5.74) is -1.36. The number of amides is 1. The number of nitrogens with one attached hydrogen (secondary N) is 1. The number of aromatic nitrogens is 3. The van der Waals surface area contributed by atoms with E-state index in [2.05, 4.69) is 20.3 Å². The number of hydrogen-bond acceptors (Lipinski definition) is 7. The summed E-state index contributed by atoms with van der Waals surface area (Å²) in [4.78, 5) is 34.7. The van der Waals surface area contributed by atoms with Crippen LogP contribution in [0.3, 0.4) is 0 Å². The molecule has 0 aliphatic heterocycles. The zero-order valence-corrected chi connectivity index (χ0v) is 11.8. The fraction of sp³-hybridized carbons (Fsp3) is 0.250. The smallest absolute Gasteiger partial charge is 0.337 e. The highest BCUT2D eigenvalue weighted by molar-refractivity contribution is 7.13. The highest BCUT2D eigenvalue weighted by Crippen LogP contribution is 2.20. The zero-order chi connectivity index (χ0) is 15.5. The Morgan fingerprint density at radius 3 is 2.81 bits per heavy atom. The molecule has 2 rings (SSSR count). The summed E-state index contributed by atoms with van der Waals surface area (Å²) < 4.78 is 0. The number of aliphatic hydroxyl groups is 1. The number of nitrogens with zero attached hydrogens (tertiary/aromatic N) is 3. The number of carbonyl (C=O) groups excluding carboxylic acids is 1. The number of thiazole rings is 1. The predicted octanol–water partition coefficient (Wildman–Crippen LogP) is 0.165. The number of carboxylic acids is 1. The first-order valence-corrected chi connectivity index (χ1v) is 6.74. The van der Waals surface area contributed by atoms with Gasteiger partial charge in [0, 0.05) is 17.8 Å². The van der Waals surface area contributed by atoms with Gasteiger partial charge in [-0.25, -0.2) is 9.78 Å². The van der Waals surface area contributed by atoms with E-state index in [1.165, 1.54) is 35.3 Å². The minimum atomic E-state index is -2.03. The first-order valence-electron chi connectivity index (χ1n) is 5.86. The summed E-state index contributed by atoms with van der Waals surface area (Å²) >= 11 is 1.22. The topological polar surface area (TPSA) is 125 Å². The average Bonchev–Trinajstić information content (AvgIpc) is 2.95.